The van der Waals surface area contributed by atoms with Crippen LogP contribution < -0.4 is 5.32 Å². The Morgan fingerprint density at radius 3 is 2.48 bits per heavy atom. The number of aromatic hydroxyl groups is 2. The van der Waals surface area contributed by atoms with Gasteiger partial charge in [0.2, 0.25) is 0 Å². The summed E-state index contributed by atoms with van der Waals surface area (Å²) in [5.74, 6) is -2.03. The first-order valence-electron chi connectivity index (χ1n) is 6.10. The van der Waals surface area contributed by atoms with Crippen LogP contribution in [0.5, 0.6) is 11.5 Å². The number of carboxylic acid groups (broad SMARTS) is 1. The fourth-order valence-electron chi connectivity index (χ4n) is 1.80. The van der Waals surface area contributed by atoms with E-state index in [0.717, 1.165) is 6.07 Å². The lowest BCUT2D eigenvalue weighted by Gasteiger charge is -2.08. The molecule has 6 heteroatoms. The van der Waals surface area contributed by atoms with Gasteiger partial charge in [-0.15, -0.1) is 0 Å². The molecule has 0 aromatic heterocycles. The highest BCUT2D eigenvalue weighted by Gasteiger charge is 2.11. The summed E-state index contributed by atoms with van der Waals surface area (Å²) in [6.07, 6.45) is 0. The lowest BCUT2D eigenvalue weighted by molar-refractivity contribution is 0.0696. The fourth-order valence-corrected chi connectivity index (χ4v) is 1.80. The minimum Gasteiger partial charge on any atom is -0.508 e. The van der Waals surface area contributed by atoms with Crippen molar-refractivity contribution in [2.24, 2.45) is 0 Å². The van der Waals surface area contributed by atoms with Gasteiger partial charge in [0, 0.05) is 12.6 Å². The monoisotopic (exact) mass is 287 g/mol. The van der Waals surface area contributed by atoms with Gasteiger partial charge in [-0.25, -0.2) is 4.79 Å². The maximum absolute atomic E-state index is 11.9. The molecule has 0 aliphatic rings. The number of carbonyl (C=O) groups excluding carboxylic acids is 1. The molecule has 0 unspecified atom stereocenters. The van der Waals surface area contributed by atoms with Gasteiger partial charge in [-0.05, 0) is 29.8 Å². The van der Waals surface area contributed by atoms with Crippen LogP contribution in [0.3, 0.4) is 0 Å². The van der Waals surface area contributed by atoms with Crippen molar-refractivity contribution in [1.29, 1.82) is 0 Å². The summed E-state index contributed by atoms with van der Waals surface area (Å²) >= 11 is 0. The molecule has 0 aliphatic heterocycles. The number of hydrogen-bond acceptors (Lipinski definition) is 4. The van der Waals surface area contributed by atoms with Gasteiger partial charge in [-0.2, -0.15) is 0 Å². The van der Waals surface area contributed by atoms with Crippen LogP contribution in [0.1, 0.15) is 26.3 Å². The Kier molecular flexibility index (Phi) is 4.08. The van der Waals surface area contributed by atoms with Crippen molar-refractivity contribution in [3.63, 3.8) is 0 Å². The zero-order chi connectivity index (χ0) is 15.4. The first-order valence-corrected chi connectivity index (χ1v) is 6.10. The van der Waals surface area contributed by atoms with Crippen molar-refractivity contribution < 1.29 is 24.9 Å². The molecule has 108 valence electrons. The van der Waals surface area contributed by atoms with Gasteiger partial charge in [0.05, 0.1) is 11.1 Å². The van der Waals surface area contributed by atoms with Gasteiger partial charge in [-0.3, -0.25) is 4.79 Å². The molecule has 6 nitrogen and oxygen atoms in total. The topological polar surface area (TPSA) is 107 Å². The second kappa shape index (κ2) is 5.96. The number of aromatic carboxylic acids is 1. The summed E-state index contributed by atoms with van der Waals surface area (Å²) < 4.78 is 0. The predicted molar refractivity (Wildman–Crippen MR) is 74.3 cm³/mol. The van der Waals surface area contributed by atoms with Crippen molar-refractivity contribution in [2.45, 2.75) is 6.54 Å². The fraction of sp³-hybridized carbons (Fsp3) is 0.0667. The zero-order valence-electron chi connectivity index (χ0n) is 10.9. The number of benzene rings is 2. The van der Waals surface area contributed by atoms with Crippen LogP contribution in [0.2, 0.25) is 0 Å². The van der Waals surface area contributed by atoms with Crippen LogP contribution in [-0.4, -0.2) is 27.2 Å². The Bertz CT molecular complexity index is 696. The van der Waals surface area contributed by atoms with E-state index in [4.69, 9.17) is 10.2 Å². The number of phenols is 2. The number of hydrogen-bond donors (Lipinski definition) is 4. The van der Waals surface area contributed by atoms with Gasteiger partial charge in [0.15, 0.2) is 0 Å². The quantitative estimate of drug-likeness (QED) is 0.685. The summed E-state index contributed by atoms with van der Waals surface area (Å²) in [6.45, 7) is 0.125. The van der Waals surface area contributed by atoms with Crippen LogP contribution >= 0.6 is 0 Å². The van der Waals surface area contributed by atoms with Crippen LogP contribution in [0.25, 0.3) is 0 Å². The zero-order valence-corrected chi connectivity index (χ0v) is 10.9. The molecular formula is C15H13NO5. The molecule has 0 saturated heterocycles. The SMILES string of the molecule is O=C(O)c1cccc(CNC(=O)c2ccc(O)cc2O)c1. The smallest absolute Gasteiger partial charge is 0.335 e. The van der Waals surface area contributed by atoms with E-state index in [9.17, 15) is 14.7 Å². The van der Waals surface area contributed by atoms with Gasteiger partial charge in [0.25, 0.3) is 5.91 Å². The highest BCUT2D eigenvalue weighted by molar-refractivity contribution is 5.97. The molecule has 0 bridgehead atoms. The van der Waals surface area contributed by atoms with E-state index in [1.807, 2.05) is 0 Å². The van der Waals surface area contributed by atoms with E-state index >= 15 is 0 Å². The molecule has 2 aromatic rings. The summed E-state index contributed by atoms with van der Waals surface area (Å²) in [6, 6.07) is 9.85. The number of nitrogens with one attached hydrogen (secondary N) is 1. The Hall–Kier alpha value is -3.02. The number of amides is 1. The largest absolute Gasteiger partial charge is 0.508 e. The average molecular weight is 287 g/mol. The van der Waals surface area contributed by atoms with E-state index in [1.54, 1.807) is 12.1 Å². The lowest BCUT2D eigenvalue weighted by atomic mass is 10.1. The molecule has 2 rings (SSSR count). The van der Waals surface area contributed by atoms with E-state index in [1.165, 1.54) is 24.3 Å². The second-order valence-corrected chi connectivity index (χ2v) is 4.39. The Morgan fingerprint density at radius 1 is 1.05 bits per heavy atom. The predicted octanol–water partition coefficient (Wildman–Crippen LogP) is 1.73. The van der Waals surface area contributed by atoms with Gasteiger partial charge in [-0.1, -0.05) is 12.1 Å². The molecule has 0 aliphatic carbocycles. The van der Waals surface area contributed by atoms with E-state index in [-0.39, 0.29) is 29.2 Å². The van der Waals surface area contributed by atoms with Crippen molar-refractivity contribution in [3.05, 3.63) is 59.2 Å². The molecule has 1 amide bonds. The first kappa shape index (κ1) is 14.4. The highest BCUT2D eigenvalue weighted by atomic mass is 16.4. The molecular weight excluding hydrogens is 274 g/mol. The second-order valence-electron chi connectivity index (χ2n) is 4.39. The molecule has 2 aromatic carbocycles. The lowest BCUT2D eigenvalue weighted by Crippen LogP contribution is -2.23. The molecule has 4 N–H and O–H groups in total. The van der Waals surface area contributed by atoms with E-state index < -0.39 is 11.9 Å². The third-order valence-corrected chi connectivity index (χ3v) is 2.85. The van der Waals surface area contributed by atoms with Gasteiger partial charge >= 0.3 is 5.97 Å². The number of rotatable bonds is 4. The van der Waals surface area contributed by atoms with Crippen LogP contribution in [-0.2, 0) is 6.54 Å². The summed E-state index contributed by atoms with van der Waals surface area (Å²) in [5, 5.41) is 30.2. The minimum atomic E-state index is -1.04. The van der Waals surface area contributed by atoms with Crippen molar-refractivity contribution in [2.75, 3.05) is 0 Å². The standard InChI is InChI=1S/C15H13NO5/c17-11-4-5-12(13(18)7-11)14(19)16-8-9-2-1-3-10(6-9)15(20)21/h1-7,17-18H,8H2,(H,16,19)(H,20,21). The Labute approximate surface area is 120 Å². The molecule has 0 heterocycles. The first-order chi connectivity index (χ1) is 9.97. The average Bonchev–Trinajstić information content (AvgIpc) is 2.45. The van der Waals surface area contributed by atoms with E-state index in [0.29, 0.717) is 5.56 Å². The Balaban J connectivity index is 2.07. The number of carbonyl (C=O) groups is 2. The number of carboxylic acids is 1. The van der Waals surface area contributed by atoms with Gasteiger partial charge in [0.1, 0.15) is 11.5 Å². The molecule has 0 spiro atoms. The Morgan fingerprint density at radius 2 is 1.81 bits per heavy atom. The van der Waals surface area contributed by atoms with Crippen LogP contribution in [0.15, 0.2) is 42.5 Å². The van der Waals surface area contributed by atoms with Crippen LogP contribution in [0, 0.1) is 0 Å². The number of phenolic OH excluding ortho intramolecular Hbond substituents is 2. The maximum Gasteiger partial charge on any atom is 0.335 e. The minimum absolute atomic E-state index is 0.0298. The van der Waals surface area contributed by atoms with Crippen LogP contribution in [0.4, 0.5) is 0 Å². The molecule has 0 fully saturated rings. The molecule has 0 saturated carbocycles. The highest BCUT2D eigenvalue weighted by Crippen LogP contribution is 2.22. The molecule has 0 atom stereocenters. The van der Waals surface area contributed by atoms with Crippen molar-refractivity contribution in [3.8, 4) is 11.5 Å². The summed E-state index contributed by atoms with van der Waals surface area (Å²) in [7, 11) is 0. The molecule has 21 heavy (non-hydrogen) atoms. The van der Waals surface area contributed by atoms with E-state index in [2.05, 4.69) is 5.32 Å². The van der Waals surface area contributed by atoms with Crippen molar-refractivity contribution in [1.82, 2.24) is 5.32 Å². The third-order valence-electron chi connectivity index (χ3n) is 2.85. The maximum atomic E-state index is 11.9. The normalized spacial score (nSPS) is 10.1. The van der Waals surface area contributed by atoms with Gasteiger partial charge < -0.3 is 20.6 Å². The summed E-state index contributed by atoms with van der Waals surface area (Å²) in [4.78, 5) is 22.7. The third kappa shape index (κ3) is 3.50. The van der Waals surface area contributed by atoms with Crippen molar-refractivity contribution >= 4 is 11.9 Å². The molecule has 0 radical (unpaired) electrons. The summed E-state index contributed by atoms with van der Waals surface area (Å²) in [5.41, 5.74) is 0.790.